The van der Waals surface area contributed by atoms with Gasteiger partial charge in [0, 0.05) is 0 Å². The van der Waals surface area contributed by atoms with Gasteiger partial charge in [-0.15, -0.1) is 0 Å². The summed E-state index contributed by atoms with van der Waals surface area (Å²) >= 11 is 3.48. The van der Waals surface area contributed by atoms with E-state index in [0.717, 1.165) is 21.8 Å². The lowest BCUT2D eigenvalue weighted by Gasteiger charge is -1.80. The van der Waals surface area contributed by atoms with Crippen molar-refractivity contribution in [2.24, 2.45) is 9.98 Å². The molecular formula is C4H4N2S2. The summed E-state index contributed by atoms with van der Waals surface area (Å²) in [7, 11) is 0. The van der Waals surface area contributed by atoms with Crippen LogP contribution in [0.3, 0.4) is 0 Å². The highest BCUT2D eigenvalue weighted by molar-refractivity contribution is 8.26. The van der Waals surface area contributed by atoms with Crippen LogP contribution in [0.4, 0.5) is 0 Å². The molecule has 0 fully saturated rings. The molecule has 0 aromatic rings. The standard InChI is InChI=1S/C4H4N2S2/c1-5-3-4(7-1)6-2-8-3/h1-2H2. The fourth-order valence-corrected chi connectivity index (χ4v) is 2.49. The van der Waals surface area contributed by atoms with Gasteiger partial charge in [-0.1, -0.05) is 23.5 Å². The summed E-state index contributed by atoms with van der Waals surface area (Å²) in [6.45, 7) is 0. The largest absolute Gasteiger partial charge is 0.264 e. The summed E-state index contributed by atoms with van der Waals surface area (Å²) in [6.07, 6.45) is 0. The highest BCUT2D eigenvalue weighted by Gasteiger charge is 2.20. The van der Waals surface area contributed by atoms with E-state index in [2.05, 4.69) is 9.98 Å². The molecule has 0 saturated carbocycles. The van der Waals surface area contributed by atoms with Crippen molar-refractivity contribution in [2.75, 3.05) is 11.8 Å². The van der Waals surface area contributed by atoms with E-state index in [4.69, 9.17) is 0 Å². The molecule has 42 valence electrons. The van der Waals surface area contributed by atoms with Crippen molar-refractivity contribution in [3.63, 3.8) is 0 Å². The summed E-state index contributed by atoms with van der Waals surface area (Å²) < 4.78 is 0. The zero-order valence-corrected chi connectivity index (χ0v) is 5.76. The predicted octanol–water partition coefficient (Wildman–Crippen LogP) is 1.19. The van der Waals surface area contributed by atoms with E-state index in [0.29, 0.717) is 0 Å². The zero-order valence-electron chi connectivity index (χ0n) is 4.13. The first-order chi connectivity index (χ1) is 3.97. The van der Waals surface area contributed by atoms with E-state index in [1.807, 2.05) is 0 Å². The van der Waals surface area contributed by atoms with E-state index in [1.165, 1.54) is 0 Å². The van der Waals surface area contributed by atoms with Crippen molar-refractivity contribution < 1.29 is 0 Å². The number of thioether (sulfide) groups is 2. The lowest BCUT2D eigenvalue weighted by molar-refractivity contribution is 1.42. The van der Waals surface area contributed by atoms with Crippen LogP contribution in [0.25, 0.3) is 0 Å². The number of fused-ring (bicyclic) bond motifs is 1. The van der Waals surface area contributed by atoms with Gasteiger partial charge in [-0.25, -0.2) is 0 Å². The molecule has 0 unspecified atom stereocenters. The van der Waals surface area contributed by atoms with Gasteiger partial charge >= 0.3 is 0 Å². The Bertz CT molecular complexity index is 153. The van der Waals surface area contributed by atoms with E-state index < -0.39 is 0 Å². The fourth-order valence-electron chi connectivity index (χ4n) is 0.654. The molecule has 0 saturated heterocycles. The Kier molecular flexibility index (Phi) is 1.08. The van der Waals surface area contributed by atoms with Crippen molar-refractivity contribution in [2.45, 2.75) is 0 Å². The Morgan fingerprint density at radius 2 is 1.50 bits per heavy atom. The summed E-state index contributed by atoms with van der Waals surface area (Å²) in [4.78, 5) is 8.42. The molecule has 0 atom stereocenters. The molecular weight excluding hydrogens is 140 g/mol. The van der Waals surface area contributed by atoms with Gasteiger partial charge in [0.05, 0.1) is 11.8 Å². The normalized spacial score (nSPS) is 25.0. The summed E-state index contributed by atoms with van der Waals surface area (Å²) in [5, 5.41) is 2.32. The second-order valence-electron chi connectivity index (χ2n) is 1.47. The van der Waals surface area contributed by atoms with Crippen LogP contribution >= 0.6 is 23.5 Å². The number of hydrogen-bond acceptors (Lipinski definition) is 4. The van der Waals surface area contributed by atoms with Crippen LogP contribution in [0.5, 0.6) is 0 Å². The van der Waals surface area contributed by atoms with Crippen molar-refractivity contribution in [3.8, 4) is 0 Å². The SMILES string of the molecule is C1N=C2SCN=C2S1. The van der Waals surface area contributed by atoms with Gasteiger partial charge in [0.2, 0.25) is 0 Å². The van der Waals surface area contributed by atoms with Crippen molar-refractivity contribution in [3.05, 3.63) is 0 Å². The highest BCUT2D eigenvalue weighted by Crippen LogP contribution is 2.26. The predicted molar refractivity (Wildman–Crippen MR) is 39.8 cm³/mol. The van der Waals surface area contributed by atoms with Crippen LogP contribution < -0.4 is 0 Å². The van der Waals surface area contributed by atoms with Crippen molar-refractivity contribution in [1.29, 1.82) is 0 Å². The molecule has 0 N–H and O–H groups in total. The Hall–Kier alpha value is 0.0400. The number of aliphatic imine (C=N–C) groups is 2. The van der Waals surface area contributed by atoms with Crippen LogP contribution in [0.1, 0.15) is 0 Å². The van der Waals surface area contributed by atoms with Gasteiger partial charge in [0.15, 0.2) is 0 Å². The van der Waals surface area contributed by atoms with Crippen LogP contribution in [-0.4, -0.2) is 21.8 Å². The van der Waals surface area contributed by atoms with Crippen LogP contribution in [-0.2, 0) is 0 Å². The molecule has 0 aromatic heterocycles. The average Bonchev–Trinajstić information content (AvgIpc) is 2.15. The third-order valence-corrected chi connectivity index (χ3v) is 2.84. The maximum absolute atomic E-state index is 4.21. The van der Waals surface area contributed by atoms with Crippen LogP contribution in [0, 0.1) is 0 Å². The van der Waals surface area contributed by atoms with Crippen LogP contribution in [0.15, 0.2) is 9.98 Å². The monoisotopic (exact) mass is 144 g/mol. The molecule has 2 aliphatic heterocycles. The molecule has 2 heterocycles. The minimum atomic E-state index is 0.890. The molecule has 2 rings (SSSR count). The Labute approximate surface area is 55.9 Å². The molecule has 0 spiro atoms. The minimum absolute atomic E-state index is 0.890. The van der Waals surface area contributed by atoms with E-state index in [9.17, 15) is 0 Å². The molecule has 0 aliphatic carbocycles. The molecule has 0 bridgehead atoms. The molecule has 0 aromatic carbocycles. The number of hydrogen-bond donors (Lipinski definition) is 0. The van der Waals surface area contributed by atoms with E-state index in [-0.39, 0.29) is 0 Å². The number of rotatable bonds is 0. The third-order valence-electron chi connectivity index (χ3n) is 1.00. The van der Waals surface area contributed by atoms with Crippen molar-refractivity contribution >= 4 is 33.6 Å². The van der Waals surface area contributed by atoms with Gasteiger partial charge in [0.25, 0.3) is 0 Å². The van der Waals surface area contributed by atoms with E-state index in [1.54, 1.807) is 23.5 Å². The van der Waals surface area contributed by atoms with Gasteiger partial charge in [0.1, 0.15) is 10.1 Å². The second kappa shape index (κ2) is 1.77. The summed E-state index contributed by atoms with van der Waals surface area (Å²) in [5.74, 6) is 1.78. The average molecular weight is 144 g/mol. The minimum Gasteiger partial charge on any atom is -0.264 e. The maximum Gasteiger partial charge on any atom is 0.125 e. The lowest BCUT2D eigenvalue weighted by atomic mass is 10.8. The molecule has 2 aliphatic rings. The summed E-state index contributed by atoms with van der Waals surface area (Å²) in [6, 6.07) is 0. The van der Waals surface area contributed by atoms with Crippen molar-refractivity contribution in [1.82, 2.24) is 0 Å². The first kappa shape index (κ1) is 4.88. The molecule has 0 radical (unpaired) electrons. The zero-order chi connectivity index (χ0) is 5.40. The quantitative estimate of drug-likeness (QED) is 0.510. The first-order valence-electron chi connectivity index (χ1n) is 2.32. The van der Waals surface area contributed by atoms with Gasteiger partial charge in [-0.3, -0.25) is 9.98 Å². The van der Waals surface area contributed by atoms with E-state index >= 15 is 0 Å². The Morgan fingerprint density at radius 3 is 2.00 bits per heavy atom. The summed E-state index contributed by atoms with van der Waals surface area (Å²) in [5.41, 5.74) is 0. The second-order valence-corrected chi connectivity index (χ2v) is 3.34. The highest BCUT2D eigenvalue weighted by atomic mass is 32.2. The van der Waals surface area contributed by atoms with Gasteiger partial charge in [-0.2, -0.15) is 0 Å². The van der Waals surface area contributed by atoms with Crippen LogP contribution in [0.2, 0.25) is 0 Å². The fraction of sp³-hybridized carbons (Fsp3) is 0.500. The molecule has 8 heavy (non-hydrogen) atoms. The first-order valence-corrected chi connectivity index (χ1v) is 4.29. The molecule has 2 nitrogen and oxygen atoms in total. The Morgan fingerprint density at radius 1 is 1.00 bits per heavy atom. The smallest absolute Gasteiger partial charge is 0.125 e. The number of nitrogens with zero attached hydrogens (tertiary/aromatic N) is 2. The molecule has 0 amide bonds. The maximum atomic E-state index is 4.21. The van der Waals surface area contributed by atoms with Gasteiger partial charge < -0.3 is 0 Å². The Balaban J connectivity index is 2.37. The topological polar surface area (TPSA) is 24.7 Å². The third kappa shape index (κ3) is 0.596. The lowest BCUT2D eigenvalue weighted by Crippen LogP contribution is -1.91. The van der Waals surface area contributed by atoms with Gasteiger partial charge in [-0.05, 0) is 0 Å². The molecule has 4 heteroatoms.